The minimum absolute atomic E-state index is 0.0520. The molecule has 0 bridgehead atoms. The minimum atomic E-state index is -0.0520. The molecule has 1 aliphatic rings. The molecule has 2 heterocycles. The van der Waals surface area contributed by atoms with Crippen LogP contribution >= 0.6 is 11.3 Å². The first-order valence-electron chi connectivity index (χ1n) is 9.08. The fourth-order valence-corrected chi connectivity index (χ4v) is 4.37. The highest BCUT2D eigenvalue weighted by molar-refractivity contribution is 7.17. The summed E-state index contributed by atoms with van der Waals surface area (Å²) in [4.78, 5) is 22.2. The SMILES string of the molecule is C=C(CCN(CCC)C1CCCCC1)c1nc2ccsc2c(=O)[nH]1. The number of nitrogens with one attached hydrogen (secondary N) is 1. The van der Waals surface area contributed by atoms with E-state index >= 15 is 0 Å². The van der Waals surface area contributed by atoms with E-state index in [2.05, 4.69) is 28.4 Å². The second kappa shape index (κ2) is 8.08. The summed E-state index contributed by atoms with van der Waals surface area (Å²) in [6.07, 6.45) is 8.78. The smallest absolute Gasteiger partial charge is 0.269 e. The predicted octanol–water partition coefficient (Wildman–Crippen LogP) is 4.43. The van der Waals surface area contributed by atoms with Crippen molar-refractivity contribution >= 4 is 27.1 Å². The quantitative estimate of drug-likeness (QED) is 0.807. The lowest BCUT2D eigenvalue weighted by Crippen LogP contribution is -2.38. The highest BCUT2D eigenvalue weighted by atomic mass is 32.1. The summed E-state index contributed by atoms with van der Waals surface area (Å²) in [6, 6.07) is 2.62. The zero-order valence-corrected chi connectivity index (χ0v) is 15.3. The van der Waals surface area contributed by atoms with E-state index in [0.29, 0.717) is 10.5 Å². The van der Waals surface area contributed by atoms with Gasteiger partial charge < -0.3 is 9.88 Å². The van der Waals surface area contributed by atoms with Crippen LogP contribution in [0, 0.1) is 0 Å². The van der Waals surface area contributed by atoms with Gasteiger partial charge in [-0.15, -0.1) is 11.3 Å². The largest absolute Gasteiger partial charge is 0.306 e. The molecule has 24 heavy (non-hydrogen) atoms. The molecule has 1 aliphatic carbocycles. The average Bonchev–Trinajstić information content (AvgIpc) is 3.08. The molecule has 0 atom stereocenters. The molecule has 2 aromatic heterocycles. The van der Waals surface area contributed by atoms with Gasteiger partial charge in [0.2, 0.25) is 0 Å². The predicted molar refractivity (Wildman–Crippen MR) is 103 cm³/mol. The number of thiophene rings is 1. The molecule has 130 valence electrons. The van der Waals surface area contributed by atoms with Crippen molar-refractivity contribution in [3.63, 3.8) is 0 Å². The van der Waals surface area contributed by atoms with Gasteiger partial charge in [0, 0.05) is 12.6 Å². The first kappa shape index (κ1) is 17.4. The van der Waals surface area contributed by atoms with Gasteiger partial charge in [0.15, 0.2) is 0 Å². The first-order chi connectivity index (χ1) is 11.7. The summed E-state index contributed by atoms with van der Waals surface area (Å²) in [7, 11) is 0. The number of aromatic amines is 1. The van der Waals surface area contributed by atoms with E-state index in [0.717, 1.165) is 36.6 Å². The molecular formula is C19H27N3OS. The highest BCUT2D eigenvalue weighted by Crippen LogP contribution is 2.24. The third kappa shape index (κ3) is 3.95. The van der Waals surface area contributed by atoms with E-state index in [1.807, 2.05) is 11.4 Å². The first-order valence-corrected chi connectivity index (χ1v) is 9.96. The van der Waals surface area contributed by atoms with Gasteiger partial charge in [0.05, 0.1) is 5.52 Å². The van der Waals surface area contributed by atoms with Crippen molar-refractivity contribution in [2.24, 2.45) is 0 Å². The monoisotopic (exact) mass is 345 g/mol. The molecule has 0 spiro atoms. The number of hydrogen-bond acceptors (Lipinski definition) is 4. The molecule has 0 saturated heterocycles. The van der Waals surface area contributed by atoms with Crippen molar-refractivity contribution in [1.82, 2.24) is 14.9 Å². The lowest BCUT2D eigenvalue weighted by Gasteiger charge is -2.34. The molecule has 0 aromatic carbocycles. The lowest BCUT2D eigenvalue weighted by molar-refractivity contribution is 0.159. The molecule has 3 rings (SSSR count). The van der Waals surface area contributed by atoms with E-state index in [1.54, 1.807) is 0 Å². The van der Waals surface area contributed by atoms with E-state index in [4.69, 9.17) is 0 Å². The number of rotatable bonds is 7. The van der Waals surface area contributed by atoms with Crippen molar-refractivity contribution in [1.29, 1.82) is 0 Å². The Bertz CT molecular complexity index is 742. The van der Waals surface area contributed by atoms with Crippen molar-refractivity contribution in [2.75, 3.05) is 13.1 Å². The summed E-state index contributed by atoms with van der Waals surface area (Å²) >= 11 is 1.43. The van der Waals surface area contributed by atoms with Crippen LogP contribution in [0.5, 0.6) is 0 Å². The van der Waals surface area contributed by atoms with E-state index < -0.39 is 0 Å². The molecule has 1 fully saturated rings. The van der Waals surface area contributed by atoms with Crippen LogP contribution in [-0.2, 0) is 0 Å². The van der Waals surface area contributed by atoms with E-state index in [1.165, 1.54) is 49.9 Å². The van der Waals surface area contributed by atoms with Crippen molar-refractivity contribution in [3.8, 4) is 0 Å². The van der Waals surface area contributed by atoms with Gasteiger partial charge in [-0.2, -0.15) is 0 Å². The second-order valence-corrected chi connectivity index (χ2v) is 7.65. The van der Waals surface area contributed by atoms with Gasteiger partial charge >= 0.3 is 0 Å². The third-order valence-corrected chi connectivity index (χ3v) is 5.85. The third-order valence-electron chi connectivity index (χ3n) is 4.95. The molecule has 4 nitrogen and oxygen atoms in total. The molecular weight excluding hydrogens is 318 g/mol. The summed E-state index contributed by atoms with van der Waals surface area (Å²) in [5.74, 6) is 0.644. The van der Waals surface area contributed by atoms with Crippen LogP contribution in [0.2, 0.25) is 0 Å². The van der Waals surface area contributed by atoms with Gasteiger partial charge in [-0.3, -0.25) is 4.79 Å². The van der Waals surface area contributed by atoms with Crippen LogP contribution in [-0.4, -0.2) is 34.0 Å². The molecule has 0 unspecified atom stereocenters. The Labute approximate surface area is 147 Å². The number of aromatic nitrogens is 2. The highest BCUT2D eigenvalue weighted by Gasteiger charge is 2.20. The summed E-state index contributed by atoms with van der Waals surface area (Å²) in [6.45, 7) is 8.57. The molecule has 0 radical (unpaired) electrons. The van der Waals surface area contributed by atoms with Gasteiger partial charge in [-0.05, 0) is 49.2 Å². The van der Waals surface area contributed by atoms with Crippen LogP contribution in [0.4, 0.5) is 0 Å². The maximum Gasteiger partial charge on any atom is 0.269 e. The van der Waals surface area contributed by atoms with Crippen LogP contribution in [0.25, 0.3) is 15.8 Å². The number of H-pyrrole nitrogens is 1. The Morgan fingerprint density at radius 3 is 2.92 bits per heavy atom. The van der Waals surface area contributed by atoms with Gasteiger partial charge in [-0.25, -0.2) is 4.98 Å². The summed E-state index contributed by atoms with van der Waals surface area (Å²) < 4.78 is 0.696. The Morgan fingerprint density at radius 1 is 1.38 bits per heavy atom. The van der Waals surface area contributed by atoms with Gasteiger partial charge in [-0.1, -0.05) is 32.8 Å². The molecule has 5 heteroatoms. The summed E-state index contributed by atoms with van der Waals surface area (Å²) in [5.41, 5.74) is 1.65. The second-order valence-electron chi connectivity index (χ2n) is 6.73. The number of hydrogen-bond donors (Lipinski definition) is 1. The van der Waals surface area contributed by atoms with Crippen LogP contribution in [0.3, 0.4) is 0 Å². The van der Waals surface area contributed by atoms with Gasteiger partial charge in [0.1, 0.15) is 10.5 Å². The van der Waals surface area contributed by atoms with E-state index in [-0.39, 0.29) is 5.56 Å². The lowest BCUT2D eigenvalue weighted by atomic mass is 9.93. The van der Waals surface area contributed by atoms with Crippen LogP contribution in [0.15, 0.2) is 22.8 Å². The molecule has 0 amide bonds. The maximum absolute atomic E-state index is 12.1. The number of nitrogens with zero attached hydrogens (tertiary/aromatic N) is 2. The zero-order chi connectivity index (χ0) is 16.9. The summed E-state index contributed by atoms with van der Waals surface area (Å²) in [5, 5.41) is 1.91. The minimum Gasteiger partial charge on any atom is -0.306 e. The topological polar surface area (TPSA) is 49.0 Å². The van der Waals surface area contributed by atoms with Crippen LogP contribution < -0.4 is 5.56 Å². The molecule has 1 saturated carbocycles. The number of fused-ring (bicyclic) bond motifs is 1. The van der Waals surface area contributed by atoms with Crippen molar-refractivity contribution in [3.05, 3.63) is 34.2 Å². The van der Waals surface area contributed by atoms with Crippen molar-refractivity contribution in [2.45, 2.75) is 57.9 Å². The normalized spacial score (nSPS) is 16.1. The average molecular weight is 346 g/mol. The fraction of sp³-hybridized carbons (Fsp3) is 0.579. The van der Waals surface area contributed by atoms with Gasteiger partial charge in [0.25, 0.3) is 5.56 Å². The standard InChI is InChI=1S/C19H27N3OS/c1-3-11-22(15-7-5-4-6-8-15)12-9-14(2)18-20-16-10-13-24-17(16)19(23)21-18/h10,13,15H,2-9,11-12H2,1H3,(H,20,21,23). The molecule has 1 N–H and O–H groups in total. The maximum atomic E-state index is 12.1. The van der Waals surface area contributed by atoms with Crippen LogP contribution in [0.1, 0.15) is 57.7 Å². The zero-order valence-electron chi connectivity index (χ0n) is 14.5. The van der Waals surface area contributed by atoms with E-state index in [9.17, 15) is 4.79 Å². The Morgan fingerprint density at radius 2 is 2.17 bits per heavy atom. The fourth-order valence-electron chi connectivity index (χ4n) is 3.65. The Hall–Kier alpha value is -1.46. The molecule has 2 aromatic rings. The Balaban J connectivity index is 1.66. The Kier molecular flexibility index (Phi) is 5.85. The molecule has 0 aliphatic heterocycles. The van der Waals surface area contributed by atoms with Crippen molar-refractivity contribution < 1.29 is 0 Å².